The van der Waals surface area contributed by atoms with Crippen LogP contribution in [0.15, 0.2) is 29.3 Å². The zero-order chi connectivity index (χ0) is 19.1. The molecule has 0 saturated heterocycles. The van der Waals surface area contributed by atoms with Gasteiger partial charge in [-0.2, -0.15) is 4.99 Å². The van der Waals surface area contributed by atoms with Crippen LogP contribution in [-0.2, 0) is 25.8 Å². The summed E-state index contributed by atoms with van der Waals surface area (Å²) in [5.41, 5.74) is 3.92. The molecule has 0 spiro atoms. The van der Waals surface area contributed by atoms with Gasteiger partial charge in [0.2, 0.25) is 0 Å². The van der Waals surface area contributed by atoms with Gasteiger partial charge in [-0.1, -0.05) is 24.6 Å². The average molecular weight is 392 g/mol. The molecule has 28 heavy (non-hydrogen) atoms. The first-order valence-electron chi connectivity index (χ1n) is 10.4. The van der Waals surface area contributed by atoms with E-state index >= 15 is 0 Å². The minimum Gasteiger partial charge on any atom is -0.314 e. The summed E-state index contributed by atoms with van der Waals surface area (Å²) in [4.78, 5) is 25.5. The fraction of sp³-hybridized carbons (Fsp3) is 0.435. The minimum absolute atomic E-state index is 0.139. The standard InChI is InChI=1S/C23H25N3OS/c1-15-9-4-5-10-16(15)22(27)25-21-20-17-11-6-7-12-18(17)28-23(20)24-19-13-3-2-8-14-26(19)21/h4-5,9-10H,2-3,6-8,11-14H2,1H3. The number of benzene rings is 1. The third-order valence-corrected chi connectivity index (χ3v) is 7.22. The van der Waals surface area contributed by atoms with E-state index in [0.717, 1.165) is 65.7 Å². The topological polar surface area (TPSA) is 47.2 Å². The minimum atomic E-state index is -0.139. The van der Waals surface area contributed by atoms with Crippen molar-refractivity contribution in [1.29, 1.82) is 0 Å². The maximum Gasteiger partial charge on any atom is 0.279 e. The molecule has 1 aromatic carbocycles. The molecule has 0 atom stereocenters. The van der Waals surface area contributed by atoms with Crippen LogP contribution in [0.1, 0.15) is 64.3 Å². The molecular weight excluding hydrogens is 366 g/mol. The SMILES string of the molecule is Cc1ccccc1C(=O)N=c1c2c3c(sc2nc2n1CCCCC2)CCCC3. The van der Waals surface area contributed by atoms with E-state index in [4.69, 9.17) is 9.98 Å². The third-order valence-electron chi connectivity index (χ3n) is 6.04. The number of hydrogen-bond acceptors (Lipinski definition) is 3. The number of aromatic nitrogens is 2. The number of fused-ring (bicyclic) bond motifs is 4. The van der Waals surface area contributed by atoms with Crippen LogP contribution in [0.25, 0.3) is 10.2 Å². The van der Waals surface area contributed by atoms with Gasteiger partial charge in [-0.3, -0.25) is 4.79 Å². The van der Waals surface area contributed by atoms with Crippen molar-refractivity contribution in [2.24, 2.45) is 4.99 Å². The summed E-state index contributed by atoms with van der Waals surface area (Å²) in [5.74, 6) is 0.959. The van der Waals surface area contributed by atoms with Gasteiger partial charge in [-0.05, 0) is 62.6 Å². The maximum atomic E-state index is 13.1. The van der Waals surface area contributed by atoms with Crippen molar-refractivity contribution in [3.05, 3.63) is 57.1 Å². The highest BCUT2D eigenvalue weighted by atomic mass is 32.1. The van der Waals surface area contributed by atoms with Crippen LogP contribution in [0.5, 0.6) is 0 Å². The zero-order valence-electron chi connectivity index (χ0n) is 16.3. The Morgan fingerprint density at radius 3 is 2.79 bits per heavy atom. The Hall–Kier alpha value is -2.27. The first-order chi connectivity index (χ1) is 13.7. The van der Waals surface area contributed by atoms with Crippen LogP contribution in [0.3, 0.4) is 0 Å². The van der Waals surface area contributed by atoms with E-state index in [1.54, 1.807) is 0 Å². The largest absolute Gasteiger partial charge is 0.314 e. The van der Waals surface area contributed by atoms with Gasteiger partial charge in [0.15, 0.2) is 0 Å². The van der Waals surface area contributed by atoms with Crippen LogP contribution in [0.2, 0.25) is 0 Å². The van der Waals surface area contributed by atoms with Gasteiger partial charge in [-0.15, -0.1) is 11.3 Å². The van der Waals surface area contributed by atoms with Gasteiger partial charge >= 0.3 is 0 Å². The second-order valence-corrected chi connectivity index (χ2v) is 9.02. The van der Waals surface area contributed by atoms with Crippen molar-refractivity contribution < 1.29 is 4.79 Å². The summed E-state index contributed by atoms with van der Waals surface area (Å²) in [6, 6.07) is 7.74. The number of thiophene rings is 1. The van der Waals surface area contributed by atoms with Crippen molar-refractivity contribution in [3.8, 4) is 0 Å². The molecule has 1 aliphatic carbocycles. The van der Waals surface area contributed by atoms with E-state index in [9.17, 15) is 4.79 Å². The summed E-state index contributed by atoms with van der Waals surface area (Å²) >= 11 is 1.82. The highest BCUT2D eigenvalue weighted by molar-refractivity contribution is 7.18. The Bertz CT molecular complexity index is 1140. The van der Waals surface area contributed by atoms with E-state index in [1.807, 2.05) is 42.5 Å². The smallest absolute Gasteiger partial charge is 0.279 e. The molecule has 1 amide bonds. The lowest BCUT2D eigenvalue weighted by Gasteiger charge is -2.14. The lowest BCUT2D eigenvalue weighted by Crippen LogP contribution is -2.27. The Balaban J connectivity index is 1.80. The van der Waals surface area contributed by atoms with Crippen molar-refractivity contribution >= 4 is 27.5 Å². The van der Waals surface area contributed by atoms with Crippen LogP contribution < -0.4 is 5.49 Å². The lowest BCUT2D eigenvalue weighted by atomic mass is 9.97. The first-order valence-corrected chi connectivity index (χ1v) is 11.2. The lowest BCUT2D eigenvalue weighted by molar-refractivity contribution is 0.0996. The predicted molar refractivity (Wildman–Crippen MR) is 113 cm³/mol. The summed E-state index contributed by atoms with van der Waals surface area (Å²) in [5, 5.41) is 1.15. The van der Waals surface area contributed by atoms with Crippen LogP contribution in [0, 0.1) is 6.92 Å². The molecule has 3 heterocycles. The normalized spacial score (nSPS) is 17.2. The summed E-state index contributed by atoms with van der Waals surface area (Å²) in [6.45, 7) is 2.88. The summed E-state index contributed by atoms with van der Waals surface area (Å²) in [6.07, 6.45) is 9.15. The number of carbonyl (C=O) groups is 1. The number of carbonyl (C=O) groups excluding carboxylic acids is 1. The number of nitrogens with zero attached hydrogens (tertiary/aromatic N) is 3. The molecule has 144 valence electrons. The fourth-order valence-corrected chi connectivity index (χ4v) is 5.81. The molecule has 2 aliphatic rings. The van der Waals surface area contributed by atoms with Gasteiger partial charge in [-0.25, -0.2) is 4.98 Å². The second kappa shape index (κ2) is 7.28. The monoisotopic (exact) mass is 391 g/mol. The van der Waals surface area contributed by atoms with E-state index in [1.165, 1.54) is 29.7 Å². The average Bonchev–Trinajstić information content (AvgIpc) is 2.90. The maximum absolute atomic E-state index is 13.1. The Labute approximate surface area is 169 Å². The van der Waals surface area contributed by atoms with Gasteiger partial charge < -0.3 is 4.57 Å². The van der Waals surface area contributed by atoms with Gasteiger partial charge in [0.25, 0.3) is 5.91 Å². The van der Waals surface area contributed by atoms with Gasteiger partial charge in [0.05, 0.1) is 5.39 Å². The molecule has 5 heteroatoms. The zero-order valence-corrected chi connectivity index (χ0v) is 17.1. The number of hydrogen-bond donors (Lipinski definition) is 0. The highest BCUT2D eigenvalue weighted by Gasteiger charge is 2.22. The fourth-order valence-electron chi connectivity index (χ4n) is 4.54. The quantitative estimate of drug-likeness (QED) is 0.601. The van der Waals surface area contributed by atoms with Crippen molar-refractivity contribution in [2.75, 3.05) is 0 Å². The molecular formula is C23H25N3OS. The van der Waals surface area contributed by atoms with Crippen molar-refractivity contribution in [1.82, 2.24) is 9.55 Å². The molecule has 5 rings (SSSR count). The summed E-state index contributed by atoms with van der Waals surface area (Å²) in [7, 11) is 0. The number of aryl methyl sites for hydroxylation is 4. The van der Waals surface area contributed by atoms with E-state index < -0.39 is 0 Å². The predicted octanol–water partition coefficient (Wildman–Crippen LogP) is 4.75. The molecule has 0 saturated carbocycles. The Morgan fingerprint density at radius 2 is 1.89 bits per heavy atom. The molecule has 0 N–H and O–H groups in total. The van der Waals surface area contributed by atoms with Gasteiger partial charge in [0.1, 0.15) is 16.1 Å². The first kappa shape index (κ1) is 17.8. The molecule has 0 bridgehead atoms. The molecule has 3 aromatic rings. The molecule has 4 nitrogen and oxygen atoms in total. The Morgan fingerprint density at radius 1 is 1.07 bits per heavy atom. The second-order valence-electron chi connectivity index (χ2n) is 7.94. The molecule has 2 aromatic heterocycles. The van der Waals surface area contributed by atoms with Gasteiger partial charge in [0, 0.05) is 23.4 Å². The summed E-state index contributed by atoms with van der Waals surface area (Å²) < 4.78 is 2.24. The van der Waals surface area contributed by atoms with Crippen LogP contribution >= 0.6 is 11.3 Å². The molecule has 0 radical (unpaired) electrons. The van der Waals surface area contributed by atoms with Crippen molar-refractivity contribution in [2.45, 2.75) is 64.8 Å². The molecule has 1 aliphatic heterocycles. The van der Waals surface area contributed by atoms with Crippen LogP contribution in [-0.4, -0.2) is 15.5 Å². The van der Waals surface area contributed by atoms with E-state index in [0.29, 0.717) is 5.56 Å². The van der Waals surface area contributed by atoms with E-state index in [-0.39, 0.29) is 5.91 Å². The van der Waals surface area contributed by atoms with Crippen molar-refractivity contribution in [3.63, 3.8) is 0 Å². The Kier molecular flexibility index (Phi) is 4.63. The van der Waals surface area contributed by atoms with E-state index in [2.05, 4.69) is 4.57 Å². The number of rotatable bonds is 1. The molecule has 0 fully saturated rings. The number of amides is 1. The molecule has 0 unspecified atom stereocenters. The van der Waals surface area contributed by atoms with Crippen LogP contribution in [0.4, 0.5) is 0 Å². The third kappa shape index (κ3) is 3.02. The highest BCUT2D eigenvalue weighted by Crippen LogP contribution is 2.34.